The zero-order chi connectivity index (χ0) is 20.7. The normalized spacial score (nSPS) is 14.1. The minimum atomic E-state index is 0.0845. The smallest absolute Gasteiger partial charge is 0.168 e. The van der Waals surface area contributed by atoms with E-state index in [0.717, 1.165) is 52.9 Å². The average molecular weight is 397 g/mol. The zero-order valence-electron chi connectivity index (χ0n) is 17.2. The van der Waals surface area contributed by atoms with Gasteiger partial charge in [-0.05, 0) is 48.9 Å². The fourth-order valence-electron chi connectivity index (χ4n) is 4.01. The summed E-state index contributed by atoms with van der Waals surface area (Å²) in [7, 11) is 4.00. The van der Waals surface area contributed by atoms with Gasteiger partial charge in [-0.25, -0.2) is 4.98 Å². The molecule has 3 aromatic heterocycles. The van der Waals surface area contributed by atoms with Crippen LogP contribution in [-0.2, 0) is 26.4 Å². The Morgan fingerprint density at radius 1 is 1.07 bits per heavy atom. The van der Waals surface area contributed by atoms with Crippen molar-refractivity contribution in [2.45, 2.75) is 19.4 Å². The number of rotatable bonds is 4. The van der Waals surface area contributed by atoms with Crippen molar-refractivity contribution in [3.63, 3.8) is 0 Å². The van der Waals surface area contributed by atoms with Crippen molar-refractivity contribution in [1.29, 1.82) is 0 Å². The van der Waals surface area contributed by atoms with E-state index in [9.17, 15) is 4.79 Å². The van der Waals surface area contributed by atoms with E-state index in [1.165, 1.54) is 11.1 Å². The molecular weight excluding hydrogens is 374 g/mol. The lowest BCUT2D eigenvalue weighted by molar-refractivity contribution is 0.0991. The second kappa shape index (κ2) is 7.46. The zero-order valence-corrected chi connectivity index (χ0v) is 17.2. The Kier molecular flexibility index (Phi) is 4.64. The van der Waals surface area contributed by atoms with Crippen LogP contribution in [0.25, 0.3) is 22.2 Å². The molecule has 1 aliphatic heterocycles. The van der Waals surface area contributed by atoms with E-state index in [4.69, 9.17) is 4.98 Å². The van der Waals surface area contributed by atoms with Crippen molar-refractivity contribution in [1.82, 2.24) is 24.6 Å². The molecular formula is C24H23N5O. The van der Waals surface area contributed by atoms with Gasteiger partial charge in [-0.15, -0.1) is 0 Å². The van der Waals surface area contributed by atoms with E-state index in [1.54, 1.807) is 17.1 Å². The van der Waals surface area contributed by atoms with Gasteiger partial charge in [-0.2, -0.15) is 5.10 Å². The van der Waals surface area contributed by atoms with Crippen molar-refractivity contribution < 1.29 is 4.79 Å². The SMILES string of the molecule is CN1CCc2ccc(C(=O)Cc3cc4nc(-c5cnn(C)c5)ccc4cn3)cc2C1. The Balaban J connectivity index is 1.41. The molecule has 1 aromatic carbocycles. The highest BCUT2D eigenvalue weighted by Gasteiger charge is 2.16. The summed E-state index contributed by atoms with van der Waals surface area (Å²) in [6, 6.07) is 12.0. The maximum absolute atomic E-state index is 12.9. The summed E-state index contributed by atoms with van der Waals surface area (Å²) in [5.74, 6) is 0.0845. The number of aromatic nitrogens is 4. The van der Waals surface area contributed by atoms with E-state index < -0.39 is 0 Å². The number of benzene rings is 1. The quantitative estimate of drug-likeness (QED) is 0.494. The molecule has 0 aliphatic carbocycles. The first-order valence-corrected chi connectivity index (χ1v) is 10.1. The van der Waals surface area contributed by atoms with E-state index >= 15 is 0 Å². The molecule has 150 valence electrons. The van der Waals surface area contributed by atoms with Gasteiger partial charge in [0.05, 0.1) is 29.5 Å². The fourth-order valence-corrected chi connectivity index (χ4v) is 4.01. The number of carbonyl (C=O) groups excluding carboxylic acids is 1. The molecule has 0 fully saturated rings. The number of likely N-dealkylation sites (N-methyl/N-ethyl adjacent to an activating group) is 1. The van der Waals surface area contributed by atoms with Crippen LogP contribution in [0.5, 0.6) is 0 Å². The summed E-state index contributed by atoms with van der Waals surface area (Å²) in [4.78, 5) is 24.5. The maximum atomic E-state index is 12.9. The molecule has 4 heterocycles. The van der Waals surface area contributed by atoms with Gasteiger partial charge in [0.15, 0.2) is 5.78 Å². The molecule has 0 amide bonds. The molecule has 0 radical (unpaired) electrons. The first-order chi connectivity index (χ1) is 14.5. The van der Waals surface area contributed by atoms with Crippen LogP contribution >= 0.6 is 0 Å². The number of pyridine rings is 2. The summed E-state index contributed by atoms with van der Waals surface area (Å²) in [6.07, 6.45) is 6.83. The van der Waals surface area contributed by atoms with E-state index in [0.29, 0.717) is 0 Å². The van der Waals surface area contributed by atoms with Crippen LogP contribution in [0.2, 0.25) is 0 Å². The number of ketones is 1. The minimum absolute atomic E-state index is 0.0845. The summed E-state index contributed by atoms with van der Waals surface area (Å²) in [5, 5.41) is 5.17. The van der Waals surface area contributed by atoms with Crippen LogP contribution < -0.4 is 0 Å². The van der Waals surface area contributed by atoms with Crippen molar-refractivity contribution in [3.05, 3.63) is 77.4 Å². The Hall–Kier alpha value is -3.38. The number of carbonyl (C=O) groups is 1. The topological polar surface area (TPSA) is 63.9 Å². The van der Waals surface area contributed by atoms with Crippen LogP contribution in [0.4, 0.5) is 0 Å². The first-order valence-electron chi connectivity index (χ1n) is 10.1. The molecule has 0 N–H and O–H groups in total. The molecule has 5 rings (SSSR count). The standard InChI is InChI=1S/C24H23N5O/c1-28-8-7-16-3-4-17(9-19(16)14-28)24(30)11-21-10-23-18(12-25-21)5-6-22(27-23)20-13-26-29(2)15-20/h3-6,9-10,12-13,15H,7-8,11,14H2,1-2H3. The van der Waals surface area contributed by atoms with Crippen LogP contribution in [0.3, 0.4) is 0 Å². The summed E-state index contributed by atoms with van der Waals surface area (Å²) in [5.41, 5.74) is 6.75. The van der Waals surface area contributed by atoms with Crippen molar-refractivity contribution in [2.24, 2.45) is 7.05 Å². The summed E-state index contributed by atoms with van der Waals surface area (Å²) < 4.78 is 1.76. The third kappa shape index (κ3) is 3.62. The summed E-state index contributed by atoms with van der Waals surface area (Å²) in [6.45, 7) is 1.96. The van der Waals surface area contributed by atoms with E-state index in [1.807, 2.05) is 43.6 Å². The van der Waals surface area contributed by atoms with Gasteiger partial charge in [-0.1, -0.05) is 12.1 Å². The van der Waals surface area contributed by atoms with Gasteiger partial charge in [0.25, 0.3) is 0 Å². The van der Waals surface area contributed by atoms with Gasteiger partial charge in [-0.3, -0.25) is 14.5 Å². The number of hydrogen-bond acceptors (Lipinski definition) is 5. The fraction of sp³-hybridized carbons (Fsp3) is 0.250. The maximum Gasteiger partial charge on any atom is 0.168 e. The molecule has 0 spiro atoms. The number of hydrogen-bond donors (Lipinski definition) is 0. The van der Waals surface area contributed by atoms with Crippen molar-refractivity contribution in [2.75, 3.05) is 13.6 Å². The summed E-state index contributed by atoms with van der Waals surface area (Å²) >= 11 is 0. The number of fused-ring (bicyclic) bond motifs is 2. The van der Waals surface area contributed by atoms with E-state index in [-0.39, 0.29) is 12.2 Å². The second-order valence-corrected chi connectivity index (χ2v) is 8.04. The molecule has 0 saturated heterocycles. The molecule has 6 nitrogen and oxygen atoms in total. The number of Topliss-reactive ketones (excluding diaryl/α,β-unsaturated/α-hetero) is 1. The van der Waals surface area contributed by atoms with Gasteiger partial charge in [0.1, 0.15) is 0 Å². The van der Waals surface area contributed by atoms with Gasteiger partial charge in [0, 0.05) is 49.0 Å². The lowest BCUT2D eigenvalue weighted by Crippen LogP contribution is -2.26. The van der Waals surface area contributed by atoms with Crippen molar-refractivity contribution >= 4 is 16.7 Å². The Bertz CT molecular complexity index is 1260. The van der Waals surface area contributed by atoms with Crippen LogP contribution in [0.1, 0.15) is 27.2 Å². The van der Waals surface area contributed by atoms with Crippen LogP contribution in [0.15, 0.2) is 55.0 Å². The monoisotopic (exact) mass is 397 g/mol. The third-order valence-corrected chi connectivity index (χ3v) is 5.70. The first kappa shape index (κ1) is 18.6. The predicted octanol–water partition coefficient (Wildman–Crippen LogP) is 3.44. The third-order valence-electron chi connectivity index (χ3n) is 5.70. The lowest BCUT2D eigenvalue weighted by Gasteiger charge is -2.25. The number of nitrogens with zero attached hydrogens (tertiary/aromatic N) is 5. The van der Waals surface area contributed by atoms with Crippen molar-refractivity contribution in [3.8, 4) is 11.3 Å². The predicted molar refractivity (Wildman–Crippen MR) is 116 cm³/mol. The molecule has 4 aromatic rings. The molecule has 0 atom stereocenters. The Morgan fingerprint density at radius 3 is 2.80 bits per heavy atom. The van der Waals surface area contributed by atoms with Gasteiger partial charge in [0.2, 0.25) is 0 Å². The highest BCUT2D eigenvalue weighted by atomic mass is 16.1. The average Bonchev–Trinajstić information content (AvgIpc) is 3.19. The lowest BCUT2D eigenvalue weighted by atomic mass is 9.95. The van der Waals surface area contributed by atoms with Gasteiger partial charge < -0.3 is 4.90 Å². The van der Waals surface area contributed by atoms with E-state index in [2.05, 4.69) is 28.1 Å². The highest BCUT2D eigenvalue weighted by molar-refractivity contribution is 5.98. The Morgan fingerprint density at radius 2 is 1.97 bits per heavy atom. The number of aryl methyl sites for hydroxylation is 1. The molecule has 0 unspecified atom stereocenters. The largest absolute Gasteiger partial charge is 0.302 e. The highest BCUT2D eigenvalue weighted by Crippen LogP contribution is 2.22. The minimum Gasteiger partial charge on any atom is -0.302 e. The van der Waals surface area contributed by atoms with Crippen LogP contribution in [-0.4, -0.2) is 44.0 Å². The molecule has 1 aliphatic rings. The molecule has 0 bridgehead atoms. The molecule has 0 saturated carbocycles. The van der Waals surface area contributed by atoms with Gasteiger partial charge >= 0.3 is 0 Å². The molecule has 30 heavy (non-hydrogen) atoms. The second-order valence-electron chi connectivity index (χ2n) is 8.04. The van der Waals surface area contributed by atoms with Crippen LogP contribution in [0, 0.1) is 0 Å². The Labute approximate surface area is 175 Å². The molecule has 6 heteroatoms.